The van der Waals surface area contributed by atoms with E-state index >= 15 is 0 Å². The Morgan fingerprint density at radius 2 is 0.939 bits per heavy atom. The predicted molar refractivity (Wildman–Crippen MR) is 250 cm³/mol. The molecule has 0 aliphatic rings. The molecule has 2 aromatic heterocycles. The zero-order valence-electron chi connectivity index (χ0n) is 36.9. The molecule has 0 spiro atoms. The van der Waals surface area contributed by atoms with E-state index in [0.717, 1.165) is 11.1 Å². The molecule has 0 aliphatic carbocycles. The molecule has 0 unspecified atom stereocenters. The van der Waals surface area contributed by atoms with Crippen molar-refractivity contribution >= 4 is 77.9 Å². The van der Waals surface area contributed by atoms with Gasteiger partial charge in [-0.3, -0.25) is 19.2 Å². The number of thiophene rings is 2. The van der Waals surface area contributed by atoms with Gasteiger partial charge in [0.1, 0.15) is 11.6 Å². The van der Waals surface area contributed by atoms with Crippen molar-refractivity contribution in [1.82, 2.24) is 21.5 Å². The van der Waals surface area contributed by atoms with Crippen LogP contribution in [-0.4, -0.2) is 104 Å². The Morgan fingerprint density at radius 1 is 0.545 bits per heavy atom. The van der Waals surface area contributed by atoms with Crippen molar-refractivity contribution in [2.45, 2.75) is 12.8 Å². The monoisotopic (exact) mass is 946 g/mol. The normalized spacial score (nSPS) is 11.3. The number of methoxy groups -OCH3 is 6. The van der Waals surface area contributed by atoms with E-state index in [-0.39, 0.29) is 24.7 Å². The Labute approximate surface area is 386 Å². The smallest absolute Gasteiger partial charge is 0.259 e. The number of nitrogens with one attached hydrogen (secondary N) is 4. The zero-order valence-corrected chi connectivity index (χ0v) is 38.5. The number of hydrogen-bond acceptors (Lipinski definition) is 14. The Bertz CT molecular complexity index is 2540. The second-order valence-electron chi connectivity index (χ2n) is 13.7. The van der Waals surface area contributed by atoms with Crippen LogP contribution >= 0.6 is 22.7 Å². The van der Waals surface area contributed by atoms with Crippen molar-refractivity contribution < 1.29 is 56.4 Å². The van der Waals surface area contributed by atoms with E-state index < -0.39 is 23.6 Å². The molecule has 66 heavy (non-hydrogen) atoms. The fourth-order valence-corrected chi connectivity index (χ4v) is 8.18. The Hall–Kier alpha value is -7.00. The maximum absolute atomic E-state index is 14.1. The van der Waals surface area contributed by atoms with E-state index in [4.69, 9.17) is 28.4 Å². The van der Waals surface area contributed by atoms with Gasteiger partial charge in [-0.15, -0.1) is 22.7 Å². The molecule has 0 saturated heterocycles. The quantitative estimate of drug-likeness (QED) is 0.0473. The van der Waals surface area contributed by atoms with E-state index in [9.17, 15) is 28.0 Å². The number of halogens is 2. The minimum absolute atomic E-state index is 0.284. The number of nitrogens with zero attached hydrogens (tertiary/aromatic N) is 2. The van der Waals surface area contributed by atoms with Gasteiger partial charge in [-0.2, -0.15) is 10.2 Å². The molecular weight excluding hydrogens is 899 g/mol. The second-order valence-corrected chi connectivity index (χ2v) is 15.5. The van der Waals surface area contributed by atoms with Gasteiger partial charge in [0.05, 0.1) is 75.6 Å². The minimum atomic E-state index is -0.510. The number of rotatable bonds is 20. The van der Waals surface area contributed by atoms with Crippen molar-refractivity contribution in [2.24, 2.45) is 10.2 Å². The third-order valence-corrected chi connectivity index (χ3v) is 11.6. The summed E-state index contributed by atoms with van der Waals surface area (Å²) in [5.41, 5.74) is 8.08. The van der Waals surface area contributed by atoms with Crippen LogP contribution in [0.5, 0.6) is 23.0 Å². The molecule has 0 bridgehead atoms. The number of hydrogen-bond donors (Lipinski definition) is 4. The fraction of sp³-hybridized carbons (Fsp3) is 0.261. The number of ether oxygens (including phenoxy) is 6. The highest BCUT2D eigenvalue weighted by Gasteiger charge is 2.17. The molecule has 6 rings (SSSR count). The van der Waals surface area contributed by atoms with Gasteiger partial charge in [0, 0.05) is 70.8 Å². The van der Waals surface area contributed by atoms with Crippen molar-refractivity contribution in [2.75, 3.05) is 69.0 Å². The van der Waals surface area contributed by atoms with Gasteiger partial charge in [0.25, 0.3) is 23.6 Å². The standard InChI is InChI=1S/2C23H24FN3O5S/c2*1-30-10-9-18(16-13-33-22-15(16)5-4-6-17(22)24)26-27-21(28)12-25-23(29)14-7-8-19(31-2)20(11-14)32-3/h2*4-8,11,13H,9-10,12H2,1-3H3,(H,25,29)(H,27,28)/b26-18+;26-18-. The number of hydrazone groups is 2. The maximum atomic E-state index is 14.1. The lowest BCUT2D eigenvalue weighted by Gasteiger charge is -2.10. The molecule has 0 saturated carbocycles. The summed E-state index contributed by atoms with van der Waals surface area (Å²) < 4.78 is 60.1. The van der Waals surface area contributed by atoms with Crippen LogP contribution in [0.15, 0.2) is 93.8 Å². The van der Waals surface area contributed by atoms with E-state index in [2.05, 4.69) is 31.7 Å². The molecule has 0 radical (unpaired) electrons. The number of amides is 4. The lowest BCUT2D eigenvalue weighted by atomic mass is 10.1. The highest BCUT2D eigenvalue weighted by Crippen LogP contribution is 2.31. The number of fused-ring (bicyclic) bond motifs is 2. The van der Waals surface area contributed by atoms with Crippen LogP contribution < -0.4 is 40.4 Å². The van der Waals surface area contributed by atoms with Crippen molar-refractivity contribution in [3.63, 3.8) is 0 Å². The molecule has 16 nitrogen and oxygen atoms in total. The van der Waals surface area contributed by atoms with Gasteiger partial charge in [-0.25, -0.2) is 19.6 Å². The summed E-state index contributed by atoms with van der Waals surface area (Å²) in [5.74, 6) is -0.746. The molecule has 20 heteroatoms. The van der Waals surface area contributed by atoms with Crippen molar-refractivity contribution in [3.05, 3.63) is 117 Å². The number of carbonyl (C=O) groups is 4. The fourth-order valence-electron chi connectivity index (χ4n) is 6.21. The SMILES string of the molecule is COCC/C(=N/NC(=O)CNC(=O)c1ccc(OC)c(OC)c1)c1csc2c(F)cccc12.COCC/C(=N\NC(=O)CNC(=O)c1ccc(OC)c(OC)c1)c1csc2c(F)cccc12. The highest BCUT2D eigenvalue weighted by molar-refractivity contribution is 7.18. The summed E-state index contributed by atoms with van der Waals surface area (Å²) in [6, 6.07) is 19.1. The molecular formula is C46H48F2N6O10S2. The first-order valence-corrected chi connectivity index (χ1v) is 21.7. The van der Waals surface area contributed by atoms with Crippen LogP contribution in [0.25, 0.3) is 20.2 Å². The third kappa shape index (κ3) is 13.1. The molecule has 0 aliphatic heterocycles. The first kappa shape index (κ1) is 50.0. The molecule has 0 fully saturated rings. The molecule has 4 aromatic carbocycles. The van der Waals surface area contributed by atoms with Gasteiger partial charge in [0.15, 0.2) is 23.0 Å². The Balaban J connectivity index is 0.000000247. The molecule has 348 valence electrons. The lowest BCUT2D eigenvalue weighted by Crippen LogP contribution is -2.35. The van der Waals surface area contributed by atoms with E-state index in [0.29, 0.717) is 91.8 Å². The first-order chi connectivity index (χ1) is 32.0. The molecule has 0 atom stereocenters. The van der Waals surface area contributed by atoms with E-state index in [1.807, 2.05) is 0 Å². The summed E-state index contributed by atoms with van der Waals surface area (Å²) in [6.45, 7) is 0.176. The molecule has 2 heterocycles. The zero-order chi connectivity index (χ0) is 47.6. The average molecular weight is 947 g/mol. The number of carbonyl (C=O) groups excluding carboxylic acids is 4. The molecule has 4 amide bonds. The molecule has 4 N–H and O–H groups in total. The average Bonchev–Trinajstić information content (AvgIpc) is 3.99. The van der Waals surface area contributed by atoms with E-state index in [1.165, 1.54) is 75.4 Å². The van der Waals surface area contributed by atoms with E-state index in [1.54, 1.807) is 73.5 Å². The van der Waals surface area contributed by atoms with Gasteiger partial charge < -0.3 is 39.1 Å². The minimum Gasteiger partial charge on any atom is -0.493 e. The van der Waals surface area contributed by atoms with Crippen LogP contribution in [0.3, 0.4) is 0 Å². The van der Waals surface area contributed by atoms with Crippen LogP contribution in [0, 0.1) is 11.6 Å². The van der Waals surface area contributed by atoms with Crippen molar-refractivity contribution in [1.29, 1.82) is 0 Å². The Kier molecular flexibility index (Phi) is 18.9. The number of benzene rings is 4. The van der Waals surface area contributed by atoms with Crippen LogP contribution in [0.1, 0.15) is 44.7 Å². The summed E-state index contributed by atoms with van der Waals surface area (Å²) in [5, 5.41) is 18.5. The van der Waals surface area contributed by atoms with Crippen LogP contribution in [-0.2, 0) is 19.1 Å². The summed E-state index contributed by atoms with van der Waals surface area (Å²) in [4.78, 5) is 49.4. The van der Waals surface area contributed by atoms with Gasteiger partial charge >= 0.3 is 0 Å². The van der Waals surface area contributed by atoms with Crippen LogP contribution in [0.4, 0.5) is 8.78 Å². The second kappa shape index (κ2) is 24.9. The maximum Gasteiger partial charge on any atom is 0.259 e. The van der Waals surface area contributed by atoms with Gasteiger partial charge in [-0.1, -0.05) is 24.3 Å². The lowest BCUT2D eigenvalue weighted by molar-refractivity contribution is -0.120. The summed E-state index contributed by atoms with van der Waals surface area (Å²) >= 11 is 2.54. The van der Waals surface area contributed by atoms with Crippen LogP contribution in [0.2, 0.25) is 0 Å². The van der Waals surface area contributed by atoms with Gasteiger partial charge in [0.2, 0.25) is 0 Å². The largest absolute Gasteiger partial charge is 0.493 e. The highest BCUT2D eigenvalue weighted by atomic mass is 32.1. The Morgan fingerprint density at radius 3 is 1.30 bits per heavy atom. The van der Waals surface area contributed by atoms with Crippen molar-refractivity contribution in [3.8, 4) is 23.0 Å². The first-order valence-electron chi connectivity index (χ1n) is 20.0. The topological polar surface area (TPSA) is 196 Å². The third-order valence-electron chi connectivity index (χ3n) is 9.55. The predicted octanol–water partition coefficient (Wildman–Crippen LogP) is 6.69. The van der Waals surface area contributed by atoms with Gasteiger partial charge in [-0.05, 0) is 48.5 Å². The summed E-state index contributed by atoms with van der Waals surface area (Å²) in [6.07, 6.45) is 0.828. The summed E-state index contributed by atoms with van der Waals surface area (Å²) in [7, 11) is 9.06. The molecule has 6 aromatic rings.